The topological polar surface area (TPSA) is 75.7 Å². The van der Waals surface area contributed by atoms with Gasteiger partial charge in [-0.1, -0.05) is 60.1 Å². The van der Waals surface area contributed by atoms with Gasteiger partial charge in [0.25, 0.3) is 5.91 Å². The molecule has 0 bridgehead atoms. The van der Waals surface area contributed by atoms with Crippen molar-refractivity contribution in [3.8, 4) is 5.75 Å². The largest absolute Gasteiger partial charge is 0.483 e. The van der Waals surface area contributed by atoms with E-state index < -0.39 is 10.0 Å². The highest BCUT2D eigenvalue weighted by atomic mass is 79.9. The molecule has 0 unspecified atom stereocenters. The van der Waals surface area contributed by atoms with Crippen molar-refractivity contribution in [3.05, 3.63) is 88.4 Å². The van der Waals surface area contributed by atoms with Gasteiger partial charge >= 0.3 is 0 Å². The number of sulfonamides is 1. The molecule has 1 amide bonds. The fraction of sp³-hybridized carbons (Fsp3) is 0.240. The summed E-state index contributed by atoms with van der Waals surface area (Å²) in [5.41, 5.74) is 2.40. The van der Waals surface area contributed by atoms with E-state index in [2.05, 4.69) is 35.1 Å². The highest BCUT2D eigenvalue weighted by Crippen LogP contribution is 2.29. The van der Waals surface area contributed by atoms with Gasteiger partial charge in [-0.15, -0.1) is 0 Å². The second kappa shape index (κ2) is 11.0. The molecular formula is C25H27BrN2O4S. The number of carbonyl (C=O) groups is 1. The van der Waals surface area contributed by atoms with Crippen LogP contribution in [-0.2, 0) is 21.4 Å². The van der Waals surface area contributed by atoms with E-state index >= 15 is 0 Å². The van der Waals surface area contributed by atoms with Crippen LogP contribution in [0.1, 0.15) is 30.9 Å². The quantitative estimate of drug-likeness (QED) is 0.401. The minimum absolute atomic E-state index is 0.152. The summed E-state index contributed by atoms with van der Waals surface area (Å²) in [6.07, 6.45) is 0. The summed E-state index contributed by atoms with van der Waals surface area (Å²) >= 11 is 3.45. The lowest BCUT2D eigenvalue weighted by Crippen LogP contribution is -2.26. The van der Waals surface area contributed by atoms with Crippen molar-refractivity contribution >= 4 is 37.5 Å². The van der Waals surface area contributed by atoms with Crippen molar-refractivity contribution in [2.45, 2.75) is 31.2 Å². The molecule has 174 valence electrons. The number of nitrogens with zero attached hydrogens (tertiary/aromatic N) is 1. The summed E-state index contributed by atoms with van der Waals surface area (Å²) in [5.74, 6) is 0.575. The van der Waals surface area contributed by atoms with Crippen molar-refractivity contribution < 1.29 is 17.9 Å². The van der Waals surface area contributed by atoms with Crippen molar-refractivity contribution in [3.63, 3.8) is 0 Å². The first-order valence-electron chi connectivity index (χ1n) is 10.5. The molecule has 0 heterocycles. The number of halogens is 1. The zero-order valence-electron chi connectivity index (χ0n) is 18.8. The van der Waals surface area contributed by atoms with Crippen LogP contribution in [0, 0.1) is 0 Å². The zero-order chi connectivity index (χ0) is 24.0. The Hall–Kier alpha value is -2.68. The van der Waals surface area contributed by atoms with Crippen LogP contribution in [0.3, 0.4) is 0 Å². The van der Waals surface area contributed by atoms with Gasteiger partial charge in [0.1, 0.15) is 5.75 Å². The number of anilines is 1. The molecule has 0 radical (unpaired) electrons. The summed E-state index contributed by atoms with van der Waals surface area (Å²) in [7, 11) is -2.11. The van der Waals surface area contributed by atoms with Gasteiger partial charge in [-0.2, -0.15) is 4.31 Å². The van der Waals surface area contributed by atoms with Crippen LogP contribution in [0.4, 0.5) is 5.69 Å². The predicted octanol–water partition coefficient (Wildman–Crippen LogP) is 5.41. The Labute approximate surface area is 203 Å². The Morgan fingerprint density at radius 2 is 1.70 bits per heavy atom. The number of carbonyl (C=O) groups excluding carboxylic acids is 1. The smallest absolute Gasteiger partial charge is 0.262 e. The minimum atomic E-state index is -3.65. The predicted molar refractivity (Wildman–Crippen MR) is 134 cm³/mol. The molecule has 8 heteroatoms. The van der Waals surface area contributed by atoms with Gasteiger partial charge < -0.3 is 10.1 Å². The van der Waals surface area contributed by atoms with E-state index in [0.29, 0.717) is 11.4 Å². The Bertz CT molecular complexity index is 1200. The lowest BCUT2D eigenvalue weighted by Gasteiger charge is -2.17. The molecule has 0 aliphatic carbocycles. The molecule has 0 aromatic heterocycles. The van der Waals surface area contributed by atoms with Gasteiger partial charge in [-0.3, -0.25) is 4.79 Å². The normalized spacial score (nSPS) is 11.6. The van der Waals surface area contributed by atoms with E-state index in [1.54, 1.807) is 19.2 Å². The van der Waals surface area contributed by atoms with Crippen LogP contribution in [0.25, 0.3) is 0 Å². The van der Waals surface area contributed by atoms with E-state index in [0.717, 1.165) is 15.6 Å². The summed E-state index contributed by atoms with van der Waals surface area (Å²) < 4.78 is 33.7. The lowest BCUT2D eigenvalue weighted by molar-refractivity contribution is -0.118. The summed E-state index contributed by atoms with van der Waals surface area (Å²) in [4.78, 5) is 12.5. The second-order valence-corrected chi connectivity index (χ2v) is 10.9. The maximum absolute atomic E-state index is 12.9. The van der Waals surface area contributed by atoms with Crippen LogP contribution in [0.2, 0.25) is 0 Å². The molecule has 3 rings (SSSR count). The minimum Gasteiger partial charge on any atom is -0.483 e. The number of hydrogen-bond donors (Lipinski definition) is 1. The molecule has 0 saturated carbocycles. The number of amides is 1. The van der Waals surface area contributed by atoms with Gasteiger partial charge in [-0.25, -0.2) is 8.42 Å². The van der Waals surface area contributed by atoms with E-state index in [1.165, 1.54) is 16.4 Å². The van der Waals surface area contributed by atoms with E-state index in [4.69, 9.17) is 4.74 Å². The van der Waals surface area contributed by atoms with Gasteiger partial charge in [0.2, 0.25) is 10.0 Å². The average Bonchev–Trinajstić information content (AvgIpc) is 2.79. The Morgan fingerprint density at radius 3 is 2.33 bits per heavy atom. The first-order chi connectivity index (χ1) is 15.7. The fourth-order valence-electron chi connectivity index (χ4n) is 3.26. The van der Waals surface area contributed by atoms with Crippen molar-refractivity contribution in [1.29, 1.82) is 0 Å². The molecule has 33 heavy (non-hydrogen) atoms. The molecule has 3 aromatic carbocycles. The molecule has 0 spiro atoms. The maximum atomic E-state index is 12.9. The van der Waals surface area contributed by atoms with E-state index in [-0.39, 0.29) is 29.9 Å². The molecule has 3 aromatic rings. The average molecular weight is 531 g/mol. The molecule has 0 aliphatic rings. The fourth-order valence-corrected chi connectivity index (χ4v) is 4.80. The first-order valence-corrected chi connectivity index (χ1v) is 12.7. The molecule has 6 nitrogen and oxygen atoms in total. The number of hydrogen-bond acceptors (Lipinski definition) is 4. The first kappa shape index (κ1) is 25.0. The molecular weight excluding hydrogens is 504 g/mol. The van der Waals surface area contributed by atoms with Crippen molar-refractivity contribution in [1.82, 2.24) is 4.31 Å². The Balaban J connectivity index is 1.60. The molecule has 1 N–H and O–H groups in total. The third kappa shape index (κ3) is 6.66. The standard InChI is InChI=1S/C25H27BrN2O4S/c1-18(2)23-15-20(26)9-14-24(23)32-17-25(29)27-21-10-12-22(13-11-21)33(30,31)28(3)16-19-7-5-4-6-8-19/h4-15,18H,16-17H2,1-3H3,(H,27,29). The SMILES string of the molecule is CC(C)c1cc(Br)ccc1OCC(=O)Nc1ccc(S(=O)(=O)N(C)Cc2ccccc2)cc1. The molecule has 0 atom stereocenters. The van der Waals surface area contributed by atoms with E-state index in [9.17, 15) is 13.2 Å². The summed E-state index contributed by atoms with van der Waals surface area (Å²) in [6.45, 7) is 4.23. The molecule has 0 saturated heterocycles. The van der Waals surface area contributed by atoms with Crippen LogP contribution in [-0.4, -0.2) is 32.3 Å². The Morgan fingerprint density at radius 1 is 1.03 bits per heavy atom. The summed E-state index contributed by atoms with van der Waals surface area (Å²) in [5, 5.41) is 2.74. The number of ether oxygens (including phenoxy) is 1. The highest BCUT2D eigenvalue weighted by Gasteiger charge is 2.21. The number of benzene rings is 3. The Kier molecular flexibility index (Phi) is 8.29. The zero-order valence-corrected chi connectivity index (χ0v) is 21.2. The third-order valence-electron chi connectivity index (χ3n) is 5.05. The maximum Gasteiger partial charge on any atom is 0.262 e. The van der Waals surface area contributed by atoms with Crippen LogP contribution in [0.15, 0.2) is 82.2 Å². The van der Waals surface area contributed by atoms with Crippen LogP contribution < -0.4 is 10.1 Å². The van der Waals surface area contributed by atoms with Gasteiger partial charge in [0.05, 0.1) is 4.90 Å². The number of rotatable bonds is 9. The van der Waals surface area contributed by atoms with Crippen LogP contribution in [0.5, 0.6) is 5.75 Å². The van der Waals surface area contributed by atoms with Crippen molar-refractivity contribution in [2.75, 3.05) is 19.0 Å². The lowest BCUT2D eigenvalue weighted by atomic mass is 10.0. The molecule has 0 fully saturated rings. The summed E-state index contributed by atoms with van der Waals surface area (Å²) in [6, 6.07) is 21.2. The monoisotopic (exact) mass is 530 g/mol. The molecule has 0 aliphatic heterocycles. The van der Waals surface area contributed by atoms with E-state index in [1.807, 2.05) is 48.5 Å². The highest BCUT2D eigenvalue weighted by molar-refractivity contribution is 9.10. The second-order valence-electron chi connectivity index (χ2n) is 7.94. The number of nitrogens with one attached hydrogen (secondary N) is 1. The van der Waals surface area contributed by atoms with Gasteiger partial charge in [0, 0.05) is 23.8 Å². The van der Waals surface area contributed by atoms with Gasteiger partial charge in [0.15, 0.2) is 6.61 Å². The third-order valence-corrected chi connectivity index (χ3v) is 7.36. The van der Waals surface area contributed by atoms with Crippen molar-refractivity contribution in [2.24, 2.45) is 0 Å². The van der Waals surface area contributed by atoms with Gasteiger partial charge in [-0.05, 0) is 59.5 Å². The van der Waals surface area contributed by atoms with Crippen LogP contribution >= 0.6 is 15.9 Å².